The van der Waals surface area contributed by atoms with E-state index in [-0.39, 0.29) is 0 Å². The first-order valence-corrected chi connectivity index (χ1v) is 7.54. The molecule has 0 fully saturated rings. The fourth-order valence-corrected chi connectivity index (χ4v) is 0. The van der Waals surface area contributed by atoms with Crippen LogP contribution in [0.4, 0.5) is 0 Å². The molecule has 0 aliphatic heterocycles. The Morgan fingerprint density at radius 2 is 0.857 bits per heavy atom. The second-order valence-corrected chi connectivity index (χ2v) is 8.18. The van der Waals surface area contributed by atoms with Crippen molar-refractivity contribution in [3.05, 3.63) is 0 Å². The van der Waals surface area contributed by atoms with Gasteiger partial charge < -0.3 is 0 Å². The van der Waals surface area contributed by atoms with Gasteiger partial charge in [0, 0.05) is 0 Å². The predicted octanol–water partition coefficient (Wildman–Crippen LogP) is -2.47. The molecule has 0 rings (SSSR count). The fraction of sp³-hybridized carbons (Fsp3) is 0. The first-order chi connectivity index (χ1) is 2.45. The summed E-state index contributed by atoms with van der Waals surface area (Å²) in [6.45, 7) is 0. The molecular formula is H4O6Os. The Morgan fingerprint density at radius 3 is 0.857 bits per heavy atom. The zero-order chi connectivity index (χ0) is 6.41. The van der Waals surface area contributed by atoms with Crippen LogP contribution in [0.2, 0.25) is 0 Å². The van der Waals surface area contributed by atoms with Gasteiger partial charge in [-0.05, 0) is 0 Å². The van der Waals surface area contributed by atoms with Crippen molar-refractivity contribution in [2.45, 2.75) is 0 Å². The summed E-state index contributed by atoms with van der Waals surface area (Å²) < 4.78 is 47.0. The molecular weight excluding hydrogens is 286 g/mol. The van der Waals surface area contributed by atoms with Gasteiger partial charge in [0.25, 0.3) is 0 Å². The van der Waals surface area contributed by atoms with Gasteiger partial charge in [0.2, 0.25) is 0 Å². The Kier molecular flexibility index (Phi) is 0.696. The van der Waals surface area contributed by atoms with Crippen molar-refractivity contribution in [3.63, 3.8) is 0 Å². The van der Waals surface area contributed by atoms with Gasteiger partial charge in [-0.2, -0.15) is 0 Å². The summed E-state index contributed by atoms with van der Waals surface area (Å²) in [4.78, 5) is 0. The van der Waals surface area contributed by atoms with Crippen LogP contribution >= 0.6 is 0 Å². The van der Waals surface area contributed by atoms with E-state index in [1.54, 1.807) is 0 Å². The van der Waals surface area contributed by atoms with E-state index in [0.29, 0.717) is 0 Å². The molecule has 0 amide bonds. The second kappa shape index (κ2) is 0.689. The second-order valence-electron chi connectivity index (χ2n) is 1.000. The minimum atomic E-state index is -8.71. The van der Waals surface area contributed by atoms with Gasteiger partial charge in [0.1, 0.15) is 0 Å². The van der Waals surface area contributed by atoms with Gasteiger partial charge in [0.15, 0.2) is 0 Å². The molecule has 4 N–H and O–H groups in total. The van der Waals surface area contributed by atoms with Crippen molar-refractivity contribution in [2.75, 3.05) is 0 Å². The van der Waals surface area contributed by atoms with Crippen LogP contribution in [0.25, 0.3) is 0 Å². The van der Waals surface area contributed by atoms with E-state index in [1.165, 1.54) is 0 Å². The number of hydrogen-bond acceptors (Lipinski definition) is 2. The molecule has 0 aromatic carbocycles. The van der Waals surface area contributed by atoms with E-state index in [4.69, 9.17) is 22.7 Å². The quantitative estimate of drug-likeness (QED) is 0.393. The van der Waals surface area contributed by atoms with Gasteiger partial charge in [-0.3, -0.25) is 0 Å². The van der Waals surface area contributed by atoms with Crippen molar-refractivity contribution in [2.24, 2.45) is 0 Å². The Bertz CT molecular complexity index is 184. The average molecular weight is 290 g/mol. The van der Waals surface area contributed by atoms with E-state index in [9.17, 15) is 0 Å². The molecule has 0 heterocycles. The van der Waals surface area contributed by atoms with Crippen LogP contribution in [0.3, 0.4) is 0 Å². The van der Waals surface area contributed by atoms with E-state index in [2.05, 4.69) is 0 Å². The normalized spacial score (nSPS) is 22.9. The van der Waals surface area contributed by atoms with Crippen molar-refractivity contribution in [1.82, 2.24) is 0 Å². The van der Waals surface area contributed by atoms with Crippen LogP contribution in [0.5, 0.6) is 0 Å². The summed E-state index contributed by atoms with van der Waals surface area (Å²) in [6.07, 6.45) is 0. The standard InChI is InChI=1S/4H2O.2O.Os/h4*1H2;;;/q;;;;;;+4/p-4. The summed E-state index contributed by atoms with van der Waals surface area (Å²) in [5.74, 6) is 0. The summed E-state index contributed by atoms with van der Waals surface area (Å²) >= 11 is -8.71. The zero-order valence-corrected chi connectivity index (χ0v) is 5.50. The molecule has 0 saturated carbocycles. The van der Waals surface area contributed by atoms with Crippen LogP contribution in [0.1, 0.15) is 0 Å². The maximum atomic E-state index is 9.12. The molecule has 6 nitrogen and oxygen atoms in total. The molecule has 48 valence electrons. The maximum absolute atomic E-state index is 9.12. The van der Waals surface area contributed by atoms with Crippen LogP contribution in [-0.2, 0) is 21.1 Å². The predicted molar refractivity (Wildman–Crippen MR) is 10.2 cm³/mol. The van der Waals surface area contributed by atoms with Gasteiger partial charge >= 0.3 is 36.7 Å². The number of hydrogen-bond donors (Lipinski definition) is 4. The Morgan fingerprint density at radius 1 is 0.857 bits per heavy atom. The van der Waals surface area contributed by atoms with Crippen LogP contribution in [-0.4, -0.2) is 15.6 Å². The first-order valence-electron chi connectivity index (χ1n) is 0.921. The summed E-state index contributed by atoms with van der Waals surface area (Å²) in [7, 11) is 0. The molecule has 7 heteroatoms. The molecule has 0 radical (unpaired) electrons. The van der Waals surface area contributed by atoms with Crippen molar-refractivity contribution in [1.29, 1.82) is 0 Å². The topological polar surface area (TPSA) is 115 Å². The Labute approximate surface area is 37.5 Å². The molecule has 0 spiro atoms. The third-order valence-corrected chi connectivity index (χ3v) is 0. The molecule has 0 bridgehead atoms. The average Bonchev–Trinajstić information content (AvgIpc) is 0.592. The molecule has 0 aromatic heterocycles. The summed E-state index contributed by atoms with van der Waals surface area (Å²) in [6, 6.07) is 0. The van der Waals surface area contributed by atoms with Crippen molar-refractivity contribution in [3.8, 4) is 0 Å². The third-order valence-electron chi connectivity index (χ3n) is 0. The first kappa shape index (κ1) is 7.08. The van der Waals surface area contributed by atoms with Crippen LogP contribution < -0.4 is 0 Å². The van der Waals surface area contributed by atoms with Gasteiger partial charge in [-0.25, -0.2) is 0 Å². The number of rotatable bonds is 0. The van der Waals surface area contributed by atoms with Crippen LogP contribution in [0, 0.1) is 0 Å². The van der Waals surface area contributed by atoms with Crippen molar-refractivity contribution >= 4 is 0 Å². The molecule has 7 heavy (non-hydrogen) atoms. The Hall–Kier alpha value is 0.0764. The molecule has 0 aliphatic carbocycles. The fourth-order valence-electron chi connectivity index (χ4n) is 0. The van der Waals surface area contributed by atoms with Gasteiger partial charge in [-0.15, -0.1) is 0 Å². The van der Waals surface area contributed by atoms with E-state index >= 15 is 0 Å². The zero-order valence-electron chi connectivity index (χ0n) is 2.96. The van der Waals surface area contributed by atoms with Crippen LogP contribution in [0.15, 0.2) is 0 Å². The third kappa shape index (κ3) is 17300. The Balaban J connectivity index is 5.35. The minimum absolute atomic E-state index is 7.20. The molecule has 0 aliphatic rings. The monoisotopic (exact) mass is 292 g/mol. The molecule has 0 unspecified atom stereocenters. The van der Waals surface area contributed by atoms with Crippen molar-refractivity contribution < 1.29 is 36.7 Å². The summed E-state index contributed by atoms with van der Waals surface area (Å²) in [5, 5.41) is 0. The summed E-state index contributed by atoms with van der Waals surface area (Å²) in [5.41, 5.74) is 0. The molecule has 0 atom stereocenters. The van der Waals surface area contributed by atoms with Gasteiger partial charge in [-0.1, -0.05) is 0 Å². The molecule has 0 aromatic rings. The molecule has 0 saturated heterocycles. The van der Waals surface area contributed by atoms with E-state index < -0.39 is 14.0 Å². The van der Waals surface area contributed by atoms with Gasteiger partial charge in [0.05, 0.1) is 0 Å². The van der Waals surface area contributed by atoms with E-state index in [1.807, 2.05) is 0 Å². The SMILES string of the molecule is [O]=[Os](=[O])([OH])([OH])([OH])[OH]. The van der Waals surface area contributed by atoms with E-state index in [0.717, 1.165) is 0 Å².